The predicted octanol–water partition coefficient (Wildman–Crippen LogP) is 0.920. The normalized spacial score (nSPS) is 14.3. The molecule has 2 amide bonds. The summed E-state index contributed by atoms with van der Waals surface area (Å²) in [5.41, 5.74) is 0.611. The summed E-state index contributed by atoms with van der Waals surface area (Å²) in [6, 6.07) is 9.28. The van der Waals surface area contributed by atoms with Crippen molar-refractivity contribution in [1.29, 1.82) is 0 Å². The van der Waals surface area contributed by atoms with E-state index in [-0.39, 0.29) is 63.0 Å². The smallest absolute Gasteiger partial charge is 0.481 e. The molecule has 3 aromatic rings. The third-order valence-corrected chi connectivity index (χ3v) is 5.90. The number of carbonyl (C=O) groups excluding carboxylic acids is 3. The number of nitrogens with zero attached hydrogens (tertiary/aromatic N) is 7. The number of nitrogens with one attached hydrogen (secondary N) is 1. The van der Waals surface area contributed by atoms with Gasteiger partial charge in [0.1, 0.15) is 11.7 Å². The van der Waals surface area contributed by atoms with E-state index >= 15 is 0 Å². The van der Waals surface area contributed by atoms with Gasteiger partial charge in [0, 0.05) is 31.1 Å². The highest BCUT2D eigenvalue weighted by Crippen LogP contribution is 2.18. The van der Waals surface area contributed by atoms with Gasteiger partial charge >= 0.3 is 12.1 Å². The number of hydrogen-bond donors (Lipinski definition) is 2. The molecule has 0 unspecified atom stereocenters. The number of carboxylic acids is 1. The van der Waals surface area contributed by atoms with Gasteiger partial charge in [-0.3, -0.25) is 14.4 Å². The first-order chi connectivity index (χ1) is 19.3. The molecule has 0 bridgehead atoms. The number of hydrogen-bond acceptors (Lipinski definition) is 11. The van der Waals surface area contributed by atoms with Gasteiger partial charge in [-0.05, 0) is 13.3 Å². The van der Waals surface area contributed by atoms with Gasteiger partial charge in [-0.25, -0.2) is 19.4 Å². The Morgan fingerprint density at radius 2 is 1.82 bits per heavy atom. The molecule has 1 aliphatic heterocycles. The molecule has 1 fully saturated rings. The molecule has 40 heavy (non-hydrogen) atoms. The van der Waals surface area contributed by atoms with E-state index in [1.807, 2.05) is 6.07 Å². The molecule has 1 aromatic carbocycles. The molecule has 210 valence electrons. The molecule has 0 radical (unpaired) electrons. The molecular formula is C25H28N8O7. The zero-order valence-electron chi connectivity index (χ0n) is 21.7. The fraction of sp³-hybridized carbons (Fsp3) is 0.360. The van der Waals surface area contributed by atoms with Crippen molar-refractivity contribution in [3.8, 4) is 17.2 Å². The van der Waals surface area contributed by atoms with Gasteiger partial charge in [0.25, 0.3) is 5.91 Å². The van der Waals surface area contributed by atoms with Gasteiger partial charge < -0.3 is 24.9 Å². The zero-order chi connectivity index (χ0) is 28.5. The maximum absolute atomic E-state index is 13.4. The summed E-state index contributed by atoms with van der Waals surface area (Å²) >= 11 is 0. The van der Waals surface area contributed by atoms with Crippen LogP contribution in [0.4, 0.5) is 4.79 Å². The van der Waals surface area contributed by atoms with E-state index in [2.05, 4.69) is 25.6 Å². The summed E-state index contributed by atoms with van der Waals surface area (Å²) < 4.78 is 6.13. The topological polar surface area (TPSA) is 182 Å². The quantitative estimate of drug-likeness (QED) is 0.340. The number of piperazine rings is 1. The van der Waals surface area contributed by atoms with Crippen molar-refractivity contribution >= 4 is 23.9 Å². The molecular weight excluding hydrogens is 524 g/mol. The molecule has 15 nitrogen and oxygen atoms in total. The van der Waals surface area contributed by atoms with Gasteiger partial charge in [0.2, 0.25) is 5.91 Å². The number of rotatable bonds is 10. The van der Waals surface area contributed by atoms with Gasteiger partial charge in [-0.2, -0.15) is 0 Å². The van der Waals surface area contributed by atoms with Crippen molar-refractivity contribution in [3.05, 3.63) is 54.5 Å². The molecule has 1 aliphatic rings. The number of benzene rings is 1. The average molecular weight is 553 g/mol. The van der Waals surface area contributed by atoms with Crippen LogP contribution in [0.2, 0.25) is 0 Å². The van der Waals surface area contributed by atoms with E-state index in [1.165, 1.54) is 26.9 Å². The van der Waals surface area contributed by atoms with Crippen molar-refractivity contribution in [2.45, 2.75) is 25.8 Å². The minimum Gasteiger partial charge on any atom is -0.481 e. The second-order valence-electron chi connectivity index (χ2n) is 8.64. The van der Waals surface area contributed by atoms with E-state index in [1.54, 1.807) is 37.4 Å². The fourth-order valence-corrected chi connectivity index (χ4v) is 3.94. The van der Waals surface area contributed by atoms with Crippen LogP contribution in [-0.4, -0.2) is 103 Å². The average Bonchev–Trinajstić information content (AvgIpc) is 3.51. The Morgan fingerprint density at radius 3 is 2.48 bits per heavy atom. The lowest BCUT2D eigenvalue weighted by molar-refractivity contribution is -0.157. The van der Waals surface area contributed by atoms with Crippen LogP contribution in [0.5, 0.6) is 0 Å². The number of aliphatic carboxylic acids is 1. The van der Waals surface area contributed by atoms with Crippen molar-refractivity contribution in [2.75, 3.05) is 32.8 Å². The molecule has 1 atom stereocenters. The first-order valence-corrected chi connectivity index (χ1v) is 12.6. The van der Waals surface area contributed by atoms with E-state index in [9.17, 15) is 24.3 Å². The predicted molar refractivity (Wildman–Crippen MR) is 137 cm³/mol. The highest BCUT2D eigenvalue weighted by molar-refractivity contribution is 5.97. The van der Waals surface area contributed by atoms with Crippen molar-refractivity contribution in [1.82, 2.24) is 40.2 Å². The maximum Gasteiger partial charge on any atom is 0.527 e. The number of amides is 2. The second kappa shape index (κ2) is 13.2. The summed E-state index contributed by atoms with van der Waals surface area (Å²) in [7, 11) is 0. The molecule has 4 rings (SSSR count). The number of hydroxylamine groups is 2. The fourth-order valence-electron chi connectivity index (χ4n) is 3.94. The van der Waals surface area contributed by atoms with Crippen LogP contribution in [0.3, 0.4) is 0 Å². The van der Waals surface area contributed by atoms with E-state index in [0.29, 0.717) is 5.56 Å². The number of aromatic nitrogens is 5. The van der Waals surface area contributed by atoms with Crippen LogP contribution in [0.15, 0.2) is 48.8 Å². The van der Waals surface area contributed by atoms with Gasteiger partial charge in [0.05, 0.1) is 32.1 Å². The lowest BCUT2D eigenvalue weighted by Gasteiger charge is -2.35. The Morgan fingerprint density at radius 1 is 1.07 bits per heavy atom. The summed E-state index contributed by atoms with van der Waals surface area (Å²) in [4.78, 5) is 65.0. The Hall–Kier alpha value is -4.92. The number of carbonyl (C=O) groups is 4. The van der Waals surface area contributed by atoms with Gasteiger partial charge in [0.15, 0.2) is 11.6 Å². The summed E-state index contributed by atoms with van der Waals surface area (Å²) in [6.45, 7) is 2.65. The summed E-state index contributed by atoms with van der Waals surface area (Å²) in [5, 5.41) is 21.0. The van der Waals surface area contributed by atoms with E-state index < -0.39 is 30.0 Å². The molecule has 0 saturated carbocycles. The largest absolute Gasteiger partial charge is 0.527 e. The highest BCUT2D eigenvalue weighted by atomic mass is 16.8. The van der Waals surface area contributed by atoms with Crippen LogP contribution < -0.4 is 5.32 Å². The van der Waals surface area contributed by atoms with Gasteiger partial charge in [-0.15, -0.1) is 10.2 Å². The van der Waals surface area contributed by atoms with Crippen LogP contribution in [0.25, 0.3) is 17.2 Å². The first kappa shape index (κ1) is 28.1. The van der Waals surface area contributed by atoms with E-state index in [0.717, 1.165) is 0 Å². The lowest BCUT2D eigenvalue weighted by Crippen LogP contribution is -2.55. The van der Waals surface area contributed by atoms with Crippen LogP contribution in [-0.2, 0) is 19.2 Å². The molecule has 15 heteroatoms. The molecule has 3 heterocycles. The Bertz CT molecular complexity index is 1330. The third-order valence-electron chi connectivity index (χ3n) is 5.90. The standard InChI is InChI=1S/C25H28N8O7/c1-2-39-25(38)40-32-14-12-31(13-15-32)24(37)18(8-9-21(34)35)28-23(36)19-16-20(33-11-10-26-30-33)29-22(27-19)17-6-4-3-5-7-17/h3-7,10-11,16,18H,2,8-9,12-15H2,1H3,(H,28,36)(H,34,35)/t18-/m0/s1. The monoisotopic (exact) mass is 552 g/mol. The highest BCUT2D eigenvalue weighted by Gasteiger charge is 2.31. The maximum atomic E-state index is 13.4. The SMILES string of the molecule is CCOC(=O)ON1CCN(C(=O)[C@H](CCC(=O)O)NC(=O)c2cc(-n3ccnn3)nc(-c3ccccc3)n2)CC1. The molecule has 2 N–H and O–H groups in total. The number of carboxylic acid groups (broad SMARTS) is 1. The number of ether oxygens (including phenoxy) is 1. The zero-order valence-corrected chi connectivity index (χ0v) is 21.7. The van der Waals surface area contributed by atoms with Gasteiger partial charge in [-0.1, -0.05) is 35.5 Å². The molecule has 1 saturated heterocycles. The van der Waals surface area contributed by atoms with Crippen LogP contribution >= 0.6 is 0 Å². The Balaban J connectivity index is 1.52. The lowest BCUT2D eigenvalue weighted by atomic mass is 10.1. The second-order valence-corrected chi connectivity index (χ2v) is 8.64. The minimum atomic E-state index is -1.13. The Kier molecular flexibility index (Phi) is 9.30. The van der Waals surface area contributed by atoms with Crippen molar-refractivity contribution < 1.29 is 33.9 Å². The van der Waals surface area contributed by atoms with Crippen LogP contribution in [0, 0.1) is 0 Å². The summed E-state index contributed by atoms with van der Waals surface area (Å²) in [6.07, 6.45) is 1.71. The molecule has 0 spiro atoms. The van der Waals surface area contributed by atoms with Crippen molar-refractivity contribution in [3.63, 3.8) is 0 Å². The first-order valence-electron chi connectivity index (χ1n) is 12.6. The van der Waals surface area contributed by atoms with Crippen molar-refractivity contribution in [2.24, 2.45) is 0 Å². The van der Waals surface area contributed by atoms with Crippen LogP contribution in [0.1, 0.15) is 30.3 Å². The third kappa shape index (κ3) is 7.35. The Labute approximate surface area is 228 Å². The van der Waals surface area contributed by atoms with E-state index in [4.69, 9.17) is 9.57 Å². The summed E-state index contributed by atoms with van der Waals surface area (Å²) in [5.74, 6) is -1.72. The minimum absolute atomic E-state index is 0.0415. The molecule has 2 aromatic heterocycles. The molecule has 0 aliphatic carbocycles.